The minimum atomic E-state index is 0.642. The second-order valence-corrected chi connectivity index (χ2v) is 4.25. The summed E-state index contributed by atoms with van der Waals surface area (Å²) in [7, 11) is 0. The minimum Gasteiger partial charge on any atom is -0.307 e. The maximum atomic E-state index is 3.93. The topological polar surface area (TPSA) is 66.5 Å². The highest BCUT2D eigenvalue weighted by molar-refractivity contribution is 4.78. The number of hydrogen-bond donors (Lipinski definition) is 2. The van der Waals surface area contributed by atoms with Crippen LogP contribution in [0.5, 0.6) is 0 Å². The number of nitrogens with one attached hydrogen (secondary N) is 2. The van der Waals surface area contributed by atoms with Crippen LogP contribution in [0.15, 0.2) is 0 Å². The largest absolute Gasteiger partial charge is 0.307 e. The second kappa shape index (κ2) is 5.80. The predicted molar refractivity (Wildman–Crippen MR) is 57.1 cm³/mol. The maximum absolute atomic E-state index is 3.93. The van der Waals surface area contributed by atoms with Gasteiger partial charge in [0.1, 0.15) is 0 Å². The van der Waals surface area contributed by atoms with Crippen LogP contribution in [0.3, 0.4) is 0 Å². The zero-order chi connectivity index (χ0) is 10.3. The minimum absolute atomic E-state index is 0.642. The molecular formula is C10H19N5. The van der Waals surface area contributed by atoms with E-state index in [4.69, 9.17) is 0 Å². The first-order valence-corrected chi connectivity index (χ1v) is 5.91. The summed E-state index contributed by atoms with van der Waals surface area (Å²) in [4.78, 5) is 0. The van der Waals surface area contributed by atoms with E-state index in [1.165, 1.54) is 44.9 Å². The van der Waals surface area contributed by atoms with Gasteiger partial charge in [-0.05, 0) is 12.8 Å². The summed E-state index contributed by atoms with van der Waals surface area (Å²) in [5.41, 5.74) is 0. The molecule has 1 aliphatic rings. The molecule has 0 radical (unpaired) electrons. The van der Waals surface area contributed by atoms with Crippen molar-refractivity contribution in [3.8, 4) is 0 Å². The van der Waals surface area contributed by atoms with Crippen molar-refractivity contribution in [2.24, 2.45) is 0 Å². The number of aromatic amines is 1. The van der Waals surface area contributed by atoms with Gasteiger partial charge in [0.05, 0.1) is 6.54 Å². The fourth-order valence-electron chi connectivity index (χ4n) is 2.15. The summed E-state index contributed by atoms with van der Waals surface area (Å²) in [6.07, 6.45) is 9.47. The number of rotatable bonds is 3. The molecule has 15 heavy (non-hydrogen) atoms. The molecule has 5 nitrogen and oxygen atoms in total. The highest BCUT2D eigenvalue weighted by Crippen LogP contribution is 2.17. The van der Waals surface area contributed by atoms with Crippen molar-refractivity contribution in [3.63, 3.8) is 0 Å². The first-order valence-electron chi connectivity index (χ1n) is 5.91. The molecule has 0 bridgehead atoms. The third-order valence-corrected chi connectivity index (χ3v) is 3.04. The number of aromatic nitrogens is 4. The van der Waals surface area contributed by atoms with Crippen molar-refractivity contribution in [3.05, 3.63) is 5.82 Å². The van der Waals surface area contributed by atoms with Gasteiger partial charge < -0.3 is 5.32 Å². The molecule has 1 fully saturated rings. The average Bonchev–Trinajstić information content (AvgIpc) is 2.68. The van der Waals surface area contributed by atoms with Gasteiger partial charge in [-0.1, -0.05) is 37.3 Å². The fraction of sp³-hybridized carbons (Fsp3) is 0.900. The van der Waals surface area contributed by atoms with Crippen LogP contribution in [0.4, 0.5) is 0 Å². The van der Waals surface area contributed by atoms with Crippen molar-refractivity contribution in [1.82, 2.24) is 25.9 Å². The van der Waals surface area contributed by atoms with Crippen LogP contribution in [0.1, 0.15) is 50.8 Å². The van der Waals surface area contributed by atoms with E-state index in [0.717, 1.165) is 12.4 Å². The molecule has 0 spiro atoms. The highest BCUT2D eigenvalue weighted by atomic mass is 15.5. The number of H-pyrrole nitrogens is 1. The van der Waals surface area contributed by atoms with Crippen molar-refractivity contribution in [2.75, 3.05) is 0 Å². The van der Waals surface area contributed by atoms with Gasteiger partial charge in [0, 0.05) is 6.04 Å². The van der Waals surface area contributed by atoms with E-state index in [9.17, 15) is 0 Å². The molecule has 5 heteroatoms. The molecule has 1 aromatic heterocycles. The quantitative estimate of drug-likeness (QED) is 0.789. The summed E-state index contributed by atoms with van der Waals surface area (Å²) in [6, 6.07) is 0.642. The Hall–Kier alpha value is -0.970. The number of hydrogen-bond acceptors (Lipinski definition) is 4. The van der Waals surface area contributed by atoms with Gasteiger partial charge in [0.2, 0.25) is 0 Å². The lowest BCUT2D eigenvalue weighted by molar-refractivity contribution is 0.386. The molecule has 0 unspecified atom stereocenters. The van der Waals surface area contributed by atoms with Gasteiger partial charge in [-0.15, -0.1) is 10.2 Å². The van der Waals surface area contributed by atoms with Crippen molar-refractivity contribution in [2.45, 2.75) is 57.5 Å². The smallest absolute Gasteiger partial charge is 0.188 e. The van der Waals surface area contributed by atoms with Crippen LogP contribution in [-0.4, -0.2) is 26.7 Å². The van der Waals surface area contributed by atoms with E-state index < -0.39 is 0 Å². The lowest BCUT2D eigenvalue weighted by Gasteiger charge is -2.20. The SMILES string of the molecule is C1CCCC(NCc2nn[nH]n2)CCC1. The van der Waals surface area contributed by atoms with E-state index in [0.29, 0.717) is 6.04 Å². The van der Waals surface area contributed by atoms with E-state index >= 15 is 0 Å². The Labute approximate surface area is 90.0 Å². The molecule has 1 heterocycles. The molecular weight excluding hydrogens is 190 g/mol. The monoisotopic (exact) mass is 209 g/mol. The molecule has 2 N–H and O–H groups in total. The Kier molecular flexibility index (Phi) is 4.08. The average molecular weight is 209 g/mol. The van der Waals surface area contributed by atoms with Crippen LogP contribution in [0.25, 0.3) is 0 Å². The normalized spacial score (nSPS) is 19.7. The number of tetrazole rings is 1. The van der Waals surface area contributed by atoms with E-state index in [1.807, 2.05) is 0 Å². The standard InChI is InChI=1S/C10H19N5/c1-2-4-6-9(7-5-3-1)11-8-10-12-14-15-13-10/h9,11H,1-8H2,(H,12,13,14,15). The molecule has 2 rings (SSSR count). The van der Waals surface area contributed by atoms with Gasteiger partial charge in [-0.2, -0.15) is 5.21 Å². The molecule has 1 aromatic rings. The zero-order valence-electron chi connectivity index (χ0n) is 9.08. The van der Waals surface area contributed by atoms with E-state index in [2.05, 4.69) is 25.9 Å². The zero-order valence-corrected chi connectivity index (χ0v) is 9.08. The summed E-state index contributed by atoms with van der Waals surface area (Å²) in [5.74, 6) is 0.761. The molecule has 1 saturated carbocycles. The third kappa shape index (κ3) is 3.58. The maximum Gasteiger partial charge on any atom is 0.188 e. The van der Waals surface area contributed by atoms with Gasteiger partial charge in [-0.3, -0.25) is 0 Å². The molecule has 0 amide bonds. The van der Waals surface area contributed by atoms with Crippen molar-refractivity contribution < 1.29 is 0 Å². The Bertz CT molecular complexity index is 251. The first kappa shape index (κ1) is 10.5. The van der Waals surface area contributed by atoms with Crippen molar-refractivity contribution in [1.29, 1.82) is 0 Å². The lowest BCUT2D eigenvalue weighted by Crippen LogP contribution is -2.29. The second-order valence-electron chi connectivity index (χ2n) is 4.25. The molecule has 0 aliphatic heterocycles. The molecule has 0 aromatic carbocycles. The molecule has 0 atom stereocenters. The molecule has 0 saturated heterocycles. The fourth-order valence-corrected chi connectivity index (χ4v) is 2.15. The summed E-state index contributed by atoms with van der Waals surface area (Å²) < 4.78 is 0. The Balaban J connectivity index is 1.72. The van der Waals surface area contributed by atoms with Crippen molar-refractivity contribution >= 4 is 0 Å². The third-order valence-electron chi connectivity index (χ3n) is 3.04. The van der Waals surface area contributed by atoms with Gasteiger partial charge >= 0.3 is 0 Å². The van der Waals surface area contributed by atoms with Crippen LogP contribution in [0.2, 0.25) is 0 Å². The Morgan fingerprint density at radius 1 is 1.13 bits per heavy atom. The highest BCUT2D eigenvalue weighted by Gasteiger charge is 2.11. The first-order chi connectivity index (χ1) is 7.45. The van der Waals surface area contributed by atoms with Gasteiger partial charge in [0.15, 0.2) is 5.82 Å². The van der Waals surface area contributed by atoms with Crippen LogP contribution >= 0.6 is 0 Å². The Morgan fingerprint density at radius 2 is 1.87 bits per heavy atom. The van der Waals surface area contributed by atoms with Gasteiger partial charge in [-0.25, -0.2) is 0 Å². The Morgan fingerprint density at radius 3 is 2.53 bits per heavy atom. The predicted octanol–water partition coefficient (Wildman–Crippen LogP) is 1.40. The molecule has 84 valence electrons. The van der Waals surface area contributed by atoms with E-state index in [1.54, 1.807) is 0 Å². The van der Waals surface area contributed by atoms with Crippen LogP contribution in [0, 0.1) is 0 Å². The van der Waals surface area contributed by atoms with Crippen LogP contribution in [-0.2, 0) is 6.54 Å². The summed E-state index contributed by atoms with van der Waals surface area (Å²) in [6.45, 7) is 0.737. The van der Waals surface area contributed by atoms with Crippen LogP contribution < -0.4 is 5.32 Å². The number of nitrogens with zero attached hydrogens (tertiary/aromatic N) is 3. The molecule has 1 aliphatic carbocycles. The summed E-state index contributed by atoms with van der Waals surface area (Å²) >= 11 is 0. The lowest BCUT2D eigenvalue weighted by atomic mass is 9.97. The van der Waals surface area contributed by atoms with Gasteiger partial charge in [0.25, 0.3) is 0 Å². The summed E-state index contributed by atoms with van der Waals surface area (Å²) in [5, 5.41) is 17.4. The van der Waals surface area contributed by atoms with E-state index in [-0.39, 0.29) is 0 Å².